The third kappa shape index (κ3) is 2.74. The van der Waals surface area contributed by atoms with E-state index in [-0.39, 0.29) is 0 Å². The largest absolute Gasteiger partial charge is 0.479 e. The fourth-order valence-corrected chi connectivity index (χ4v) is 0.618. The van der Waals surface area contributed by atoms with E-state index in [2.05, 4.69) is 0 Å². The molecule has 0 heterocycles. The molecular formula is C6H12O6. The summed E-state index contributed by atoms with van der Waals surface area (Å²) < 4.78 is 0. The summed E-state index contributed by atoms with van der Waals surface area (Å²) in [5.41, 5.74) is 0. The molecule has 0 spiro atoms. The van der Waals surface area contributed by atoms with Crippen molar-refractivity contribution in [3.05, 3.63) is 0 Å². The van der Waals surface area contributed by atoms with E-state index >= 15 is 0 Å². The number of rotatable bonds is 4. The quantitative estimate of drug-likeness (QED) is 0.327. The second-order valence-electron chi connectivity index (χ2n) is 2.50. The van der Waals surface area contributed by atoms with Crippen LogP contribution in [0.1, 0.15) is 6.92 Å². The lowest BCUT2D eigenvalue weighted by Gasteiger charge is -2.21. The van der Waals surface area contributed by atoms with Gasteiger partial charge in [-0.25, -0.2) is 4.79 Å². The van der Waals surface area contributed by atoms with Crippen molar-refractivity contribution in [1.29, 1.82) is 0 Å². The predicted molar refractivity (Wildman–Crippen MR) is 37.3 cm³/mol. The van der Waals surface area contributed by atoms with Crippen molar-refractivity contribution >= 4 is 5.97 Å². The van der Waals surface area contributed by atoms with Gasteiger partial charge in [-0.15, -0.1) is 0 Å². The number of aliphatic hydroxyl groups is 4. The highest BCUT2D eigenvalue weighted by Gasteiger charge is 2.32. The molecule has 5 N–H and O–H groups in total. The van der Waals surface area contributed by atoms with E-state index in [1.54, 1.807) is 0 Å². The molecule has 0 rings (SSSR count). The number of carboxylic acids is 1. The zero-order valence-corrected chi connectivity index (χ0v) is 6.45. The Balaban J connectivity index is 4.18. The van der Waals surface area contributed by atoms with Crippen LogP contribution in [-0.4, -0.2) is 55.9 Å². The molecule has 12 heavy (non-hydrogen) atoms. The Kier molecular flexibility index (Phi) is 4.11. The Labute approximate surface area is 68.7 Å². The van der Waals surface area contributed by atoms with E-state index in [9.17, 15) is 4.79 Å². The molecule has 0 amide bonds. The van der Waals surface area contributed by atoms with Crippen molar-refractivity contribution in [2.45, 2.75) is 31.3 Å². The first-order valence-corrected chi connectivity index (χ1v) is 3.33. The minimum atomic E-state index is -2.09. The number of carboxylic acid groups (broad SMARTS) is 1. The Hall–Kier alpha value is -0.690. The van der Waals surface area contributed by atoms with Crippen LogP contribution in [0.4, 0.5) is 0 Å². The fraction of sp³-hybridized carbons (Fsp3) is 0.833. The lowest BCUT2D eigenvalue weighted by molar-refractivity contribution is -0.162. The molecule has 0 aromatic carbocycles. The average molecular weight is 180 g/mol. The molecule has 6 heteroatoms. The van der Waals surface area contributed by atoms with Gasteiger partial charge >= 0.3 is 5.97 Å². The number of hydrogen-bond acceptors (Lipinski definition) is 5. The molecule has 0 unspecified atom stereocenters. The zero-order valence-electron chi connectivity index (χ0n) is 6.45. The van der Waals surface area contributed by atoms with Gasteiger partial charge in [0, 0.05) is 0 Å². The molecule has 0 aliphatic rings. The van der Waals surface area contributed by atoms with Gasteiger partial charge in [0.1, 0.15) is 12.2 Å². The number of aliphatic hydroxyl groups excluding tert-OH is 4. The molecule has 0 aromatic heterocycles. The third-order valence-corrected chi connectivity index (χ3v) is 1.42. The minimum absolute atomic E-state index is 1.17. The molecule has 0 saturated carbocycles. The molecule has 72 valence electrons. The first-order valence-electron chi connectivity index (χ1n) is 3.33. The van der Waals surface area contributed by atoms with Gasteiger partial charge in [0.2, 0.25) is 0 Å². The SMILES string of the molecule is C[C@H](O)[C@@H](O)[C@@H](O)[C@@H](O)C(=O)O. The van der Waals surface area contributed by atoms with Gasteiger partial charge in [0.05, 0.1) is 6.10 Å². The molecule has 0 aliphatic carbocycles. The van der Waals surface area contributed by atoms with E-state index < -0.39 is 30.4 Å². The minimum Gasteiger partial charge on any atom is -0.479 e. The molecule has 4 atom stereocenters. The molecule has 6 nitrogen and oxygen atoms in total. The van der Waals surface area contributed by atoms with E-state index in [1.165, 1.54) is 6.92 Å². The fourth-order valence-electron chi connectivity index (χ4n) is 0.618. The highest BCUT2D eigenvalue weighted by atomic mass is 16.4. The van der Waals surface area contributed by atoms with Gasteiger partial charge in [0.25, 0.3) is 0 Å². The summed E-state index contributed by atoms with van der Waals surface area (Å²) in [7, 11) is 0. The van der Waals surface area contributed by atoms with Gasteiger partial charge in [-0.3, -0.25) is 0 Å². The monoisotopic (exact) mass is 180 g/mol. The molecule has 0 bridgehead atoms. The maximum atomic E-state index is 10.1. The normalized spacial score (nSPS) is 21.1. The van der Waals surface area contributed by atoms with Gasteiger partial charge in [-0.05, 0) is 6.92 Å². The number of aliphatic carboxylic acids is 1. The summed E-state index contributed by atoms with van der Waals surface area (Å²) in [6.07, 6.45) is -6.94. The van der Waals surface area contributed by atoms with Gasteiger partial charge in [0.15, 0.2) is 6.10 Å². The van der Waals surface area contributed by atoms with E-state index in [0.717, 1.165) is 0 Å². The van der Waals surface area contributed by atoms with Crippen LogP contribution < -0.4 is 0 Å². The molecule has 0 aromatic rings. The maximum Gasteiger partial charge on any atom is 0.335 e. The van der Waals surface area contributed by atoms with Crippen molar-refractivity contribution in [3.63, 3.8) is 0 Å². The van der Waals surface area contributed by atoms with Crippen LogP contribution in [0, 0.1) is 0 Å². The van der Waals surface area contributed by atoms with E-state index in [4.69, 9.17) is 25.5 Å². The summed E-state index contributed by atoms with van der Waals surface area (Å²) in [5, 5.41) is 43.4. The highest BCUT2D eigenvalue weighted by Crippen LogP contribution is 2.04. The smallest absolute Gasteiger partial charge is 0.335 e. The summed E-state index contributed by atoms with van der Waals surface area (Å²) in [5.74, 6) is -1.65. The summed E-state index contributed by atoms with van der Waals surface area (Å²) in [6, 6.07) is 0. The first kappa shape index (κ1) is 11.3. The topological polar surface area (TPSA) is 118 Å². The molecule has 0 aliphatic heterocycles. The average Bonchev–Trinajstić information content (AvgIpc) is 2.00. The summed E-state index contributed by atoms with van der Waals surface area (Å²) in [4.78, 5) is 10.1. The number of hydrogen-bond donors (Lipinski definition) is 5. The molecule has 0 radical (unpaired) electrons. The van der Waals surface area contributed by atoms with Gasteiger partial charge < -0.3 is 25.5 Å². The van der Waals surface area contributed by atoms with Crippen molar-refractivity contribution in [2.75, 3.05) is 0 Å². The zero-order chi connectivity index (χ0) is 9.89. The van der Waals surface area contributed by atoms with Crippen molar-refractivity contribution in [3.8, 4) is 0 Å². The molecular weight excluding hydrogens is 168 g/mol. The third-order valence-electron chi connectivity index (χ3n) is 1.42. The lowest BCUT2D eigenvalue weighted by atomic mass is 10.0. The van der Waals surface area contributed by atoms with Crippen LogP contribution in [-0.2, 0) is 4.79 Å². The van der Waals surface area contributed by atoms with Crippen molar-refractivity contribution in [1.82, 2.24) is 0 Å². The van der Waals surface area contributed by atoms with Crippen LogP contribution in [0.3, 0.4) is 0 Å². The maximum absolute atomic E-state index is 10.1. The second-order valence-corrected chi connectivity index (χ2v) is 2.50. The van der Waals surface area contributed by atoms with Crippen LogP contribution in [0.2, 0.25) is 0 Å². The Bertz CT molecular complexity index is 156. The number of carbonyl (C=O) groups is 1. The van der Waals surface area contributed by atoms with Crippen LogP contribution in [0.5, 0.6) is 0 Å². The molecule has 0 fully saturated rings. The van der Waals surface area contributed by atoms with Gasteiger partial charge in [-0.1, -0.05) is 0 Å². The first-order chi connectivity index (χ1) is 5.37. The van der Waals surface area contributed by atoms with Crippen molar-refractivity contribution in [2.24, 2.45) is 0 Å². The summed E-state index contributed by atoms with van der Waals surface area (Å²) >= 11 is 0. The van der Waals surface area contributed by atoms with Crippen molar-refractivity contribution < 1.29 is 30.3 Å². The van der Waals surface area contributed by atoms with Crippen LogP contribution in [0.15, 0.2) is 0 Å². The van der Waals surface area contributed by atoms with E-state index in [1.807, 2.05) is 0 Å². The Morgan fingerprint density at radius 1 is 1.08 bits per heavy atom. The molecule has 0 saturated heterocycles. The highest BCUT2D eigenvalue weighted by molar-refractivity contribution is 5.72. The standard InChI is InChI=1S/C6H12O6/c1-2(7)3(8)4(9)5(10)6(11)12/h2-5,7-10H,1H3,(H,11,12)/t2-,3+,4+,5+/m0/s1. The van der Waals surface area contributed by atoms with Crippen LogP contribution >= 0.6 is 0 Å². The second kappa shape index (κ2) is 4.36. The Morgan fingerprint density at radius 2 is 1.50 bits per heavy atom. The lowest BCUT2D eigenvalue weighted by Crippen LogP contribution is -2.46. The Morgan fingerprint density at radius 3 is 1.75 bits per heavy atom. The summed E-state index contributed by atoms with van der Waals surface area (Å²) in [6.45, 7) is 1.17. The predicted octanol–water partition coefficient (Wildman–Crippen LogP) is -2.47. The van der Waals surface area contributed by atoms with Gasteiger partial charge in [-0.2, -0.15) is 0 Å². The van der Waals surface area contributed by atoms with E-state index in [0.29, 0.717) is 0 Å². The van der Waals surface area contributed by atoms with Crippen LogP contribution in [0.25, 0.3) is 0 Å².